The van der Waals surface area contributed by atoms with Crippen LogP contribution in [0.1, 0.15) is 45.7 Å². The monoisotopic (exact) mass is 438 g/mol. The van der Waals surface area contributed by atoms with E-state index in [1.807, 2.05) is 0 Å². The minimum absolute atomic E-state index is 0.170. The molecule has 3 aromatic rings. The Bertz CT molecular complexity index is 1550. The third-order valence-corrected chi connectivity index (χ3v) is 6.64. The molecular weight excluding hydrogens is 416 g/mol. The number of nitrogens with one attached hydrogen (secondary N) is 2. The fourth-order valence-electron chi connectivity index (χ4n) is 5.07. The van der Waals surface area contributed by atoms with E-state index in [-0.39, 0.29) is 11.8 Å². The molecule has 2 aliphatic heterocycles. The molecule has 0 spiro atoms. The smallest absolute Gasteiger partial charge is 0.0700 e. The van der Waals surface area contributed by atoms with Crippen LogP contribution in [0.25, 0.3) is 46.4 Å². The van der Waals surface area contributed by atoms with E-state index in [1.54, 1.807) is 0 Å². The molecule has 0 unspecified atom stereocenters. The van der Waals surface area contributed by atoms with E-state index in [4.69, 9.17) is 9.97 Å². The molecule has 5 heterocycles. The lowest BCUT2D eigenvalue weighted by Gasteiger charge is -2.08. The van der Waals surface area contributed by atoms with Crippen molar-refractivity contribution in [1.29, 1.82) is 0 Å². The molecule has 162 valence electrons. The molecule has 4 nitrogen and oxygen atoms in total. The highest BCUT2D eigenvalue weighted by Crippen LogP contribution is 2.33. The van der Waals surface area contributed by atoms with E-state index < -0.39 is 0 Å². The van der Waals surface area contributed by atoms with E-state index >= 15 is 0 Å². The van der Waals surface area contributed by atoms with Gasteiger partial charge in [0.25, 0.3) is 0 Å². The molecule has 4 aliphatic rings. The molecule has 0 atom stereocenters. The summed E-state index contributed by atoms with van der Waals surface area (Å²) in [4.78, 5) is 17.2. The van der Waals surface area contributed by atoms with Gasteiger partial charge in [-0.1, -0.05) is 48.6 Å². The number of fused-ring (bicyclic) bond motifs is 8. The topological polar surface area (TPSA) is 57.4 Å². The Hall–Kier alpha value is -4.44. The quantitative estimate of drug-likeness (QED) is 0.309. The van der Waals surface area contributed by atoms with Crippen LogP contribution in [0.15, 0.2) is 85.0 Å². The number of H-pyrrole nitrogens is 2. The fourth-order valence-corrected chi connectivity index (χ4v) is 5.07. The molecule has 34 heavy (non-hydrogen) atoms. The van der Waals surface area contributed by atoms with Crippen LogP contribution >= 0.6 is 0 Å². The van der Waals surface area contributed by atoms with Crippen LogP contribution in [-0.2, 0) is 0 Å². The summed E-state index contributed by atoms with van der Waals surface area (Å²) >= 11 is 0. The van der Waals surface area contributed by atoms with Crippen LogP contribution < -0.4 is 0 Å². The molecule has 0 saturated heterocycles. The second kappa shape index (κ2) is 7.56. The van der Waals surface area contributed by atoms with E-state index in [2.05, 4.69) is 119 Å². The molecule has 4 heteroatoms. The highest BCUT2D eigenvalue weighted by atomic mass is 14.8. The number of hydrogen-bond donors (Lipinski definition) is 2. The molecule has 0 amide bonds. The highest BCUT2D eigenvalue weighted by Gasteiger charge is 2.19. The summed E-state index contributed by atoms with van der Waals surface area (Å²) in [5.41, 5.74) is 10.4. The van der Waals surface area contributed by atoms with Crippen molar-refractivity contribution in [2.45, 2.75) is 11.8 Å². The van der Waals surface area contributed by atoms with Gasteiger partial charge in [0.1, 0.15) is 0 Å². The maximum Gasteiger partial charge on any atom is 0.0700 e. The molecule has 0 aromatic carbocycles. The van der Waals surface area contributed by atoms with Gasteiger partial charge in [-0.05, 0) is 60.7 Å². The van der Waals surface area contributed by atoms with Gasteiger partial charge in [-0.2, -0.15) is 0 Å². The van der Waals surface area contributed by atoms with Crippen LogP contribution in [0, 0.1) is 0 Å². The van der Waals surface area contributed by atoms with Crippen molar-refractivity contribution >= 4 is 46.4 Å². The predicted octanol–water partition coefficient (Wildman–Crippen LogP) is 7.07. The molecule has 3 aromatic heterocycles. The molecule has 0 radical (unpaired) electrons. The van der Waals surface area contributed by atoms with Crippen LogP contribution in [0.5, 0.6) is 0 Å². The van der Waals surface area contributed by atoms with E-state index in [0.29, 0.717) is 0 Å². The Morgan fingerprint density at radius 2 is 1.00 bits per heavy atom. The van der Waals surface area contributed by atoms with Gasteiger partial charge < -0.3 is 9.97 Å². The zero-order chi connectivity index (χ0) is 22.5. The Balaban J connectivity index is 1.56. The standard InChI is InChI=1S/C30H22N4/c1-2-6-19(5-1)29-25-13-9-21(31-25)17-23-11-15-27(33-23)30(20-7-3-4-8-20)28-16-12-24(34-28)18-22-10-14-26(29)32-22/h1-20,31-32H. The molecule has 0 fully saturated rings. The summed E-state index contributed by atoms with van der Waals surface area (Å²) < 4.78 is 0. The van der Waals surface area contributed by atoms with Crippen molar-refractivity contribution in [2.75, 3.05) is 0 Å². The summed E-state index contributed by atoms with van der Waals surface area (Å²) in [5.74, 6) is 0.386. The first kappa shape index (κ1) is 19.1. The lowest BCUT2D eigenvalue weighted by atomic mass is 9.97. The Kier molecular flexibility index (Phi) is 4.24. The number of nitrogens with zero attached hydrogens (tertiary/aromatic N) is 2. The van der Waals surface area contributed by atoms with Crippen molar-refractivity contribution in [1.82, 2.24) is 19.9 Å². The largest absolute Gasteiger partial charge is 0.355 e. The van der Waals surface area contributed by atoms with Gasteiger partial charge in [-0.3, -0.25) is 0 Å². The van der Waals surface area contributed by atoms with Gasteiger partial charge >= 0.3 is 0 Å². The average molecular weight is 439 g/mol. The minimum atomic E-state index is 0.170. The summed E-state index contributed by atoms with van der Waals surface area (Å²) in [6.07, 6.45) is 25.6. The first-order valence-corrected chi connectivity index (χ1v) is 11.6. The zero-order valence-electron chi connectivity index (χ0n) is 18.4. The van der Waals surface area contributed by atoms with Gasteiger partial charge in [0, 0.05) is 45.0 Å². The summed E-state index contributed by atoms with van der Waals surface area (Å²) in [7, 11) is 0. The molecule has 2 N–H and O–H groups in total. The van der Waals surface area contributed by atoms with Gasteiger partial charge in [0.05, 0.1) is 22.8 Å². The summed E-state index contributed by atoms with van der Waals surface area (Å²) in [5, 5.41) is 0. The van der Waals surface area contributed by atoms with E-state index in [1.165, 1.54) is 5.56 Å². The van der Waals surface area contributed by atoms with Crippen molar-refractivity contribution in [3.8, 4) is 0 Å². The first-order chi connectivity index (χ1) is 16.8. The van der Waals surface area contributed by atoms with E-state index in [9.17, 15) is 0 Å². The Morgan fingerprint density at radius 3 is 1.50 bits per heavy atom. The Morgan fingerprint density at radius 1 is 0.529 bits per heavy atom. The van der Waals surface area contributed by atoms with Crippen LogP contribution in [0.4, 0.5) is 0 Å². The maximum absolute atomic E-state index is 4.98. The third kappa shape index (κ3) is 3.23. The zero-order valence-corrected chi connectivity index (χ0v) is 18.4. The highest BCUT2D eigenvalue weighted by molar-refractivity contribution is 5.82. The molecule has 8 bridgehead atoms. The normalized spacial score (nSPS) is 16.5. The number of aromatic amines is 2. The third-order valence-electron chi connectivity index (χ3n) is 6.64. The average Bonchev–Trinajstić information content (AvgIpc) is 3.67. The SMILES string of the molecule is C1=CC(c2c3nc(cc4ccc([nH]4)c(C4C=CC=C4)c4ccc(cc5nc2C=C5)[nH]4)C=C3)C=C1. The minimum Gasteiger partial charge on any atom is -0.355 e. The van der Waals surface area contributed by atoms with Crippen molar-refractivity contribution < 1.29 is 0 Å². The van der Waals surface area contributed by atoms with Crippen molar-refractivity contribution in [3.05, 3.63) is 119 Å². The number of aromatic nitrogens is 4. The molecular formula is C30H22N4. The number of allylic oxidation sites excluding steroid dienone is 8. The predicted molar refractivity (Wildman–Crippen MR) is 141 cm³/mol. The van der Waals surface area contributed by atoms with Gasteiger partial charge in [0.15, 0.2) is 0 Å². The van der Waals surface area contributed by atoms with Crippen LogP contribution in [0.2, 0.25) is 0 Å². The van der Waals surface area contributed by atoms with Crippen LogP contribution in [-0.4, -0.2) is 19.9 Å². The summed E-state index contributed by atoms with van der Waals surface area (Å²) in [6.45, 7) is 0. The summed E-state index contributed by atoms with van der Waals surface area (Å²) in [6, 6.07) is 12.8. The van der Waals surface area contributed by atoms with Gasteiger partial charge in [-0.15, -0.1) is 0 Å². The van der Waals surface area contributed by atoms with Gasteiger partial charge in [0.2, 0.25) is 0 Å². The second-order valence-electron chi connectivity index (χ2n) is 8.87. The molecule has 2 aliphatic carbocycles. The van der Waals surface area contributed by atoms with Crippen molar-refractivity contribution in [2.24, 2.45) is 0 Å². The first-order valence-electron chi connectivity index (χ1n) is 11.6. The van der Waals surface area contributed by atoms with Crippen LogP contribution in [0.3, 0.4) is 0 Å². The molecule has 0 saturated carbocycles. The number of rotatable bonds is 2. The van der Waals surface area contributed by atoms with Crippen molar-refractivity contribution in [3.63, 3.8) is 0 Å². The van der Waals surface area contributed by atoms with Gasteiger partial charge in [-0.25, -0.2) is 9.97 Å². The fraction of sp³-hybridized carbons (Fsp3) is 0.0667. The lowest BCUT2D eigenvalue weighted by molar-refractivity contribution is 1.05. The lowest BCUT2D eigenvalue weighted by Crippen LogP contribution is -1.97. The second-order valence-corrected chi connectivity index (χ2v) is 8.87. The van der Waals surface area contributed by atoms with E-state index in [0.717, 1.165) is 50.4 Å². The Labute approximate surface area is 197 Å². The maximum atomic E-state index is 4.98. The number of hydrogen-bond acceptors (Lipinski definition) is 2. The molecule has 7 rings (SSSR count).